The number of hydrogen-bond donors (Lipinski definition) is 1. The molecule has 2 heterocycles. The van der Waals surface area contributed by atoms with E-state index in [4.69, 9.17) is 9.15 Å². The number of hydrogen-bond acceptors (Lipinski definition) is 6. The summed E-state index contributed by atoms with van der Waals surface area (Å²) in [4.78, 5) is 23.0. The van der Waals surface area contributed by atoms with Crippen LogP contribution in [-0.2, 0) is 10.5 Å². The number of nitrogens with one attached hydrogen (secondary N) is 1. The quantitative estimate of drug-likeness (QED) is 0.483. The van der Waals surface area contributed by atoms with Crippen molar-refractivity contribution in [1.29, 1.82) is 0 Å². The van der Waals surface area contributed by atoms with Gasteiger partial charge in [-0.25, -0.2) is 4.79 Å². The van der Waals surface area contributed by atoms with Gasteiger partial charge in [0.25, 0.3) is 5.91 Å². The van der Waals surface area contributed by atoms with Gasteiger partial charge in [0.15, 0.2) is 6.61 Å². The summed E-state index contributed by atoms with van der Waals surface area (Å²) in [6.07, 6.45) is 0. The highest BCUT2D eigenvalue weighted by Gasteiger charge is 2.04. The number of benzene rings is 1. The summed E-state index contributed by atoms with van der Waals surface area (Å²) in [7, 11) is 0. The molecule has 3 aromatic rings. The highest BCUT2D eigenvalue weighted by Crippen LogP contribution is 2.19. The maximum Gasteiger partial charge on any atom is 0.336 e. The average molecular weight is 375 g/mol. The van der Waals surface area contributed by atoms with Crippen LogP contribution in [0.2, 0.25) is 0 Å². The second-order valence-corrected chi connectivity index (χ2v) is 7.16. The summed E-state index contributed by atoms with van der Waals surface area (Å²) >= 11 is 3.47. The number of carbonyl (C=O) groups is 1. The van der Waals surface area contributed by atoms with E-state index in [-0.39, 0.29) is 12.5 Å². The summed E-state index contributed by atoms with van der Waals surface area (Å²) in [5.74, 6) is 2.12. The van der Waals surface area contributed by atoms with Crippen molar-refractivity contribution in [2.45, 2.75) is 5.75 Å². The Morgan fingerprint density at radius 1 is 1.24 bits per heavy atom. The Morgan fingerprint density at radius 3 is 2.96 bits per heavy atom. The Labute approximate surface area is 153 Å². The Morgan fingerprint density at radius 2 is 2.12 bits per heavy atom. The van der Waals surface area contributed by atoms with Gasteiger partial charge in [-0.15, -0.1) is 0 Å². The van der Waals surface area contributed by atoms with E-state index < -0.39 is 5.63 Å². The molecule has 0 bridgehead atoms. The maximum atomic E-state index is 11.8. The molecule has 0 atom stereocenters. The first kappa shape index (κ1) is 17.6. The van der Waals surface area contributed by atoms with Gasteiger partial charge in [-0.05, 0) is 40.6 Å². The van der Waals surface area contributed by atoms with Crippen LogP contribution >= 0.6 is 23.1 Å². The third-order valence-corrected chi connectivity index (χ3v) is 5.14. The van der Waals surface area contributed by atoms with Crippen molar-refractivity contribution in [1.82, 2.24) is 5.32 Å². The molecule has 0 aliphatic carbocycles. The Bertz CT molecular complexity index is 889. The zero-order chi connectivity index (χ0) is 17.5. The predicted molar refractivity (Wildman–Crippen MR) is 101 cm³/mol. The number of thioether (sulfide) groups is 1. The number of fused-ring (bicyclic) bond motifs is 1. The minimum atomic E-state index is -0.414. The van der Waals surface area contributed by atoms with E-state index in [0.29, 0.717) is 17.9 Å². The van der Waals surface area contributed by atoms with E-state index in [1.165, 1.54) is 11.6 Å². The van der Waals surface area contributed by atoms with E-state index in [1.807, 2.05) is 0 Å². The van der Waals surface area contributed by atoms with Crippen LogP contribution in [0.25, 0.3) is 11.0 Å². The predicted octanol–water partition coefficient (Wildman–Crippen LogP) is 3.28. The summed E-state index contributed by atoms with van der Waals surface area (Å²) < 4.78 is 10.5. The minimum absolute atomic E-state index is 0.0717. The third kappa shape index (κ3) is 5.37. The smallest absolute Gasteiger partial charge is 0.336 e. The van der Waals surface area contributed by atoms with Gasteiger partial charge in [0.05, 0.1) is 0 Å². The molecule has 3 rings (SSSR count). The number of amides is 1. The molecular weight excluding hydrogens is 358 g/mol. The summed E-state index contributed by atoms with van der Waals surface area (Å²) in [6, 6.07) is 10.3. The molecule has 0 fully saturated rings. The average Bonchev–Trinajstić information content (AvgIpc) is 3.12. The maximum absolute atomic E-state index is 11.8. The van der Waals surface area contributed by atoms with Gasteiger partial charge in [-0.1, -0.05) is 0 Å². The van der Waals surface area contributed by atoms with Gasteiger partial charge < -0.3 is 14.5 Å². The van der Waals surface area contributed by atoms with Crippen molar-refractivity contribution < 1.29 is 13.9 Å². The Hall–Kier alpha value is -2.25. The molecule has 0 saturated heterocycles. The molecule has 2 aromatic heterocycles. The van der Waals surface area contributed by atoms with Crippen LogP contribution in [0.4, 0.5) is 0 Å². The molecule has 0 spiro atoms. The first-order valence-corrected chi connectivity index (χ1v) is 9.83. The Kier molecular flexibility index (Phi) is 6.14. The first-order chi connectivity index (χ1) is 12.2. The molecule has 7 heteroatoms. The molecule has 25 heavy (non-hydrogen) atoms. The number of ether oxygens (including phenoxy) is 1. The van der Waals surface area contributed by atoms with Gasteiger partial charge in [-0.2, -0.15) is 23.1 Å². The van der Waals surface area contributed by atoms with Crippen molar-refractivity contribution in [3.63, 3.8) is 0 Å². The zero-order valence-electron chi connectivity index (χ0n) is 13.4. The van der Waals surface area contributed by atoms with Crippen molar-refractivity contribution in [3.05, 3.63) is 63.1 Å². The van der Waals surface area contributed by atoms with Gasteiger partial charge in [0, 0.05) is 35.6 Å². The molecule has 1 N–H and O–H groups in total. The minimum Gasteiger partial charge on any atom is -0.484 e. The molecule has 1 amide bonds. The standard InChI is InChI=1S/C18H17NO4S2/c20-17(19-6-8-25-12-13-5-7-24-11-13)10-22-15-3-1-14-2-4-18(21)23-16(14)9-15/h1-5,7,9,11H,6,8,10,12H2,(H,19,20). The fourth-order valence-electron chi connectivity index (χ4n) is 2.16. The molecule has 0 aliphatic heterocycles. The van der Waals surface area contributed by atoms with Crippen molar-refractivity contribution >= 4 is 40.0 Å². The zero-order valence-corrected chi connectivity index (χ0v) is 15.0. The third-order valence-electron chi connectivity index (χ3n) is 3.38. The van der Waals surface area contributed by atoms with Gasteiger partial charge in [-0.3, -0.25) is 4.79 Å². The second kappa shape index (κ2) is 8.73. The lowest BCUT2D eigenvalue weighted by atomic mass is 10.2. The molecule has 130 valence electrons. The van der Waals surface area contributed by atoms with Crippen molar-refractivity contribution in [3.8, 4) is 5.75 Å². The molecular formula is C18H17NO4S2. The van der Waals surface area contributed by atoms with Crippen LogP contribution in [0.5, 0.6) is 5.75 Å². The van der Waals surface area contributed by atoms with Crippen LogP contribution in [0.15, 0.2) is 56.4 Å². The van der Waals surface area contributed by atoms with E-state index in [0.717, 1.165) is 16.9 Å². The largest absolute Gasteiger partial charge is 0.484 e. The molecule has 0 aliphatic rings. The topological polar surface area (TPSA) is 68.5 Å². The van der Waals surface area contributed by atoms with E-state index in [1.54, 1.807) is 47.4 Å². The van der Waals surface area contributed by atoms with Crippen LogP contribution in [0.1, 0.15) is 5.56 Å². The van der Waals surface area contributed by atoms with Crippen molar-refractivity contribution in [2.24, 2.45) is 0 Å². The van der Waals surface area contributed by atoms with Crippen molar-refractivity contribution in [2.75, 3.05) is 18.9 Å². The van der Waals surface area contributed by atoms with Crippen LogP contribution in [0.3, 0.4) is 0 Å². The highest BCUT2D eigenvalue weighted by molar-refractivity contribution is 7.98. The van der Waals surface area contributed by atoms with Crippen LogP contribution in [-0.4, -0.2) is 24.8 Å². The van der Waals surface area contributed by atoms with E-state index >= 15 is 0 Å². The summed E-state index contributed by atoms with van der Waals surface area (Å²) in [6.45, 7) is 0.529. The lowest BCUT2D eigenvalue weighted by molar-refractivity contribution is -0.122. The summed E-state index contributed by atoms with van der Waals surface area (Å²) in [5, 5.41) is 7.82. The van der Waals surface area contributed by atoms with Crippen LogP contribution in [0, 0.1) is 0 Å². The molecule has 0 saturated carbocycles. The fourth-order valence-corrected chi connectivity index (χ4v) is 3.74. The highest BCUT2D eigenvalue weighted by atomic mass is 32.2. The summed E-state index contributed by atoms with van der Waals surface area (Å²) in [5.41, 5.74) is 1.34. The number of thiophene rings is 1. The van der Waals surface area contributed by atoms with E-state index in [2.05, 4.69) is 22.1 Å². The van der Waals surface area contributed by atoms with Gasteiger partial charge >= 0.3 is 5.63 Å². The monoisotopic (exact) mass is 375 g/mol. The van der Waals surface area contributed by atoms with Crippen LogP contribution < -0.4 is 15.7 Å². The lowest BCUT2D eigenvalue weighted by Gasteiger charge is -2.08. The Balaban J connectivity index is 1.39. The second-order valence-electron chi connectivity index (χ2n) is 5.28. The normalized spacial score (nSPS) is 10.7. The number of rotatable bonds is 8. The molecule has 1 aromatic carbocycles. The SMILES string of the molecule is O=C(COc1ccc2ccc(=O)oc2c1)NCCSCc1ccsc1. The first-order valence-electron chi connectivity index (χ1n) is 7.73. The lowest BCUT2D eigenvalue weighted by Crippen LogP contribution is -2.30. The molecule has 0 radical (unpaired) electrons. The molecule has 0 unspecified atom stereocenters. The van der Waals surface area contributed by atoms with Gasteiger partial charge in [0.2, 0.25) is 0 Å². The van der Waals surface area contributed by atoms with Gasteiger partial charge in [0.1, 0.15) is 11.3 Å². The number of carbonyl (C=O) groups excluding carboxylic acids is 1. The molecule has 5 nitrogen and oxygen atoms in total. The van der Waals surface area contributed by atoms with E-state index in [9.17, 15) is 9.59 Å². The fraction of sp³-hybridized carbons (Fsp3) is 0.222.